The highest BCUT2D eigenvalue weighted by Crippen LogP contribution is 2.43. The summed E-state index contributed by atoms with van der Waals surface area (Å²) >= 11 is 0. The molecule has 18 heavy (non-hydrogen) atoms. The number of Topliss-reactive ketones (excluding diaryl/α,β-unsaturated/α-hetero) is 1. The van der Waals surface area contributed by atoms with E-state index in [1.807, 2.05) is 0 Å². The summed E-state index contributed by atoms with van der Waals surface area (Å²) in [7, 11) is 1.72. The van der Waals surface area contributed by atoms with E-state index < -0.39 is 0 Å². The third-order valence-electron chi connectivity index (χ3n) is 5.22. The molecule has 0 radical (unpaired) electrons. The second-order valence-corrected chi connectivity index (χ2v) is 6.21. The molecule has 0 spiro atoms. The van der Waals surface area contributed by atoms with Crippen molar-refractivity contribution in [3.05, 3.63) is 11.6 Å². The van der Waals surface area contributed by atoms with Crippen LogP contribution in [-0.2, 0) is 9.53 Å². The predicted octanol–water partition coefficient (Wildman–Crippen LogP) is 3.51. The first kappa shape index (κ1) is 12.4. The molecule has 0 heterocycles. The van der Waals surface area contributed by atoms with E-state index in [2.05, 4.69) is 6.08 Å². The summed E-state index contributed by atoms with van der Waals surface area (Å²) in [6.45, 7) is 0. The van der Waals surface area contributed by atoms with Crippen LogP contribution in [0, 0.1) is 17.8 Å². The van der Waals surface area contributed by atoms with Crippen LogP contribution in [0.4, 0.5) is 0 Å². The zero-order chi connectivity index (χ0) is 12.5. The molecule has 2 fully saturated rings. The molecular formula is C16H24O2. The minimum atomic E-state index is -0.148. The van der Waals surface area contributed by atoms with E-state index in [1.165, 1.54) is 44.1 Å². The molecule has 4 atom stereocenters. The van der Waals surface area contributed by atoms with Crippen LogP contribution in [0.25, 0.3) is 0 Å². The lowest BCUT2D eigenvalue weighted by molar-refractivity contribution is -0.137. The Bertz CT molecular complexity index is 358. The summed E-state index contributed by atoms with van der Waals surface area (Å²) in [6, 6.07) is 0. The molecular weight excluding hydrogens is 224 g/mol. The van der Waals surface area contributed by atoms with E-state index in [4.69, 9.17) is 4.74 Å². The van der Waals surface area contributed by atoms with Gasteiger partial charge in [-0.2, -0.15) is 0 Å². The zero-order valence-electron chi connectivity index (χ0n) is 11.4. The van der Waals surface area contributed by atoms with E-state index in [0.717, 1.165) is 12.8 Å². The third-order valence-corrected chi connectivity index (χ3v) is 5.22. The molecule has 3 rings (SSSR count). The Hall–Kier alpha value is -0.630. The van der Waals surface area contributed by atoms with Crippen LogP contribution in [0.15, 0.2) is 11.6 Å². The van der Waals surface area contributed by atoms with Gasteiger partial charge in [-0.15, -0.1) is 0 Å². The van der Waals surface area contributed by atoms with Gasteiger partial charge in [0, 0.05) is 18.9 Å². The van der Waals surface area contributed by atoms with Gasteiger partial charge in [-0.3, -0.25) is 4.79 Å². The van der Waals surface area contributed by atoms with E-state index in [-0.39, 0.29) is 12.0 Å². The van der Waals surface area contributed by atoms with Crippen molar-refractivity contribution in [1.82, 2.24) is 0 Å². The van der Waals surface area contributed by atoms with Crippen molar-refractivity contribution in [2.24, 2.45) is 17.8 Å². The van der Waals surface area contributed by atoms with Gasteiger partial charge in [0.2, 0.25) is 0 Å². The van der Waals surface area contributed by atoms with Gasteiger partial charge < -0.3 is 4.74 Å². The van der Waals surface area contributed by atoms with E-state index in [0.29, 0.717) is 17.6 Å². The van der Waals surface area contributed by atoms with Crippen LogP contribution < -0.4 is 0 Å². The highest BCUT2D eigenvalue weighted by molar-refractivity contribution is 5.87. The molecule has 0 N–H and O–H groups in total. The average molecular weight is 248 g/mol. The summed E-state index contributed by atoms with van der Waals surface area (Å²) in [6.07, 6.45) is 12.0. The van der Waals surface area contributed by atoms with E-state index in [1.54, 1.807) is 7.11 Å². The molecule has 3 aliphatic rings. The first-order valence-electron chi connectivity index (χ1n) is 7.58. The molecule has 3 aliphatic carbocycles. The molecule has 0 aromatic carbocycles. The van der Waals surface area contributed by atoms with Crippen LogP contribution in [0.1, 0.15) is 51.4 Å². The number of allylic oxidation sites excluding steroid dienone is 1. The first-order valence-corrected chi connectivity index (χ1v) is 7.58. The molecule has 0 aliphatic heterocycles. The molecule has 0 amide bonds. The highest BCUT2D eigenvalue weighted by atomic mass is 16.5. The summed E-state index contributed by atoms with van der Waals surface area (Å²) in [4.78, 5) is 12.7. The van der Waals surface area contributed by atoms with Crippen LogP contribution in [0.5, 0.6) is 0 Å². The Morgan fingerprint density at radius 1 is 1.06 bits per heavy atom. The maximum atomic E-state index is 12.7. The topological polar surface area (TPSA) is 26.3 Å². The van der Waals surface area contributed by atoms with Crippen LogP contribution in [-0.4, -0.2) is 19.0 Å². The van der Waals surface area contributed by atoms with Crippen molar-refractivity contribution < 1.29 is 9.53 Å². The van der Waals surface area contributed by atoms with Crippen LogP contribution in [0.2, 0.25) is 0 Å². The SMILES string of the molecule is CO[C@H]1C(=O)[C@@H]2CCCC[C@H]2C=C2CCCC[C@H]21. The molecule has 2 heteroatoms. The molecule has 2 nitrogen and oxygen atoms in total. The fourth-order valence-electron chi connectivity index (χ4n) is 4.29. The van der Waals surface area contributed by atoms with Gasteiger partial charge in [-0.25, -0.2) is 0 Å². The highest BCUT2D eigenvalue weighted by Gasteiger charge is 2.42. The standard InChI is InChI=1S/C16H24O2/c1-18-16-14-9-5-3-7-12(14)10-11-6-2-4-8-13(11)15(16)17/h10-11,13-14,16H,2-9H2,1H3/t11-,13+,14+,16+/m0/s1. The van der Waals surface area contributed by atoms with Gasteiger partial charge in [0.1, 0.15) is 6.10 Å². The minimum Gasteiger partial charge on any atom is -0.373 e. The molecule has 100 valence electrons. The van der Waals surface area contributed by atoms with Gasteiger partial charge in [0.05, 0.1) is 0 Å². The largest absolute Gasteiger partial charge is 0.373 e. The van der Waals surface area contributed by atoms with Gasteiger partial charge in [0.15, 0.2) is 5.78 Å². The van der Waals surface area contributed by atoms with Crippen LogP contribution >= 0.6 is 0 Å². The van der Waals surface area contributed by atoms with Gasteiger partial charge in [-0.05, 0) is 38.0 Å². The fraction of sp³-hybridized carbons (Fsp3) is 0.812. The van der Waals surface area contributed by atoms with Crippen molar-refractivity contribution in [2.75, 3.05) is 7.11 Å². The van der Waals surface area contributed by atoms with Gasteiger partial charge >= 0.3 is 0 Å². The third kappa shape index (κ3) is 2.05. The number of methoxy groups -OCH3 is 1. The Kier molecular flexibility index (Phi) is 3.56. The monoisotopic (exact) mass is 248 g/mol. The van der Waals surface area contributed by atoms with Gasteiger partial charge in [-0.1, -0.05) is 30.9 Å². The molecule has 0 aromatic rings. The number of carbonyl (C=O) groups excluding carboxylic acids is 1. The van der Waals surface area contributed by atoms with E-state index >= 15 is 0 Å². The number of carbonyl (C=O) groups is 1. The fourth-order valence-corrected chi connectivity index (χ4v) is 4.29. The number of rotatable bonds is 1. The van der Waals surface area contributed by atoms with E-state index in [9.17, 15) is 4.79 Å². The number of ketones is 1. The predicted molar refractivity (Wildman–Crippen MR) is 71.3 cm³/mol. The Morgan fingerprint density at radius 3 is 2.61 bits per heavy atom. The summed E-state index contributed by atoms with van der Waals surface area (Å²) < 4.78 is 5.61. The van der Waals surface area contributed by atoms with Crippen molar-refractivity contribution >= 4 is 5.78 Å². The normalized spacial score (nSPS) is 40.5. The quantitative estimate of drug-likeness (QED) is 0.664. The lowest BCUT2D eigenvalue weighted by Crippen LogP contribution is -2.38. The molecule has 2 saturated carbocycles. The smallest absolute Gasteiger partial charge is 0.165 e. The Balaban J connectivity index is 1.94. The lowest BCUT2D eigenvalue weighted by atomic mass is 9.76. The Labute approximate surface area is 110 Å². The van der Waals surface area contributed by atoms with Crippen molar-refractivity contribution in [3.8, 4) is 0 Å². The molecule has 0 bridgehead atoms. The summed E-state index contributed by atoms with van der Waals surface area (Å²) in [5, 5.41) is 0. The molecule has 0 saturated heterocycles. The second-order valence-electron chi connectivity index (χ2n) is 6.21. The van der Waals surface area contributed by atoms with Gasteiger partial charge in [0.25, 0.3) is 0 Å². The lowest BCUT2D eigenvalue weighted by Gasteiger charge is -2.31. The van der Waals surface area contributed by atoms with Crippen molar-refractivity contribution in [1.29, 1.82) is 0 Å². The van der Waals surface area contributed by atoms with Crippen LogP contribution in [0.3, 0.4) is 0 Å². The second kappa shape index (κ2) is 5.16. The summed E-state index contributed by atoms with van der Waals surface area (Å²) in [5.41, 5.74) is 1.54. The Morgan fingerprint density at radius 2 is 1.78 bits per heavy atom. The number of fused-ring (bicyclic) bond motifs is 2. The first-order chi connectivity index (χ1) is 8.81. The van der Waals surface area contributed by atoms with Crippen molar-refractivity contribution in [2.45, 2.75) is 57.5 Å². The molecule has 0 unspecified atom stereocenters. The average Bonchev–Trinajstić information content (AvgIpc) is 2.53. The number of ether oxygens (including phenoxy) is 1. The summed E-state index contributed by atoms with van der Waals surface area (Å²) in [5.74, 6) is 1.56. The maximum absolute atomic E-state index is 12.7. The minimum absolute atomic E-state index is 0.148. The molecule has 0 aromatic heterocycles. The number of hydrogen-bond donors (Lipinski definition) is 0. The number of hydrogen-bond acceptors (Lipinski definition) is 2. The maximum Gasteiger partial charge on any atom is 0.165 e. The zero-order valence-corrected chi connectivity index (χ0v) is 11.4. The van der Waals surface area contributed by atoms with Crippen molar-refractivity contribution in [3.63, 3.8) is 0 Å².